The molecule has 0 bridgehead atoms. The number of aryl methyl sites for hydroxylation is 1. The fourth-order valence-electron chi connectivity index (χ4n) is 11.2. The normalized spacial score (nSPS) is 14.4. The molecule has 13 rings (SSSR count). The third-order valence-corrected chi connectivity index (χ3v) is 15.6. The molecule has 0 amide bonds. The number of nitrogens with zero attached hydrogens (tertiary/aromatic N) is 3. The minimum Gasteiger partial charge on any atom is -0.454 e. The van der Waals surface area contributed by atoms with Crippen LogP contribution in [-0.4, -0.2) is 11.3 Å². The van der Waals surface area contributed by atoms with Gasteiger partial charge in [-0.15, -0.1) is 11.3 Å². The first kappa shape index (κ1) is 37.3. The van der Waals surface area contributed by atoms with Gasteiger partial charge in [-0.2, -0.15) is 0 Å². The quantitative estimate of drug-likeness (QED) is 0.154. The van der Waals surface area contributed by atoms with Crippen LogP contribution in [0.4, 0.5) is 34.1 Å². The smallest absolute Gasteiger partial charge is 0.264 e. The third kappa shape index (κ3) is 4.93. The second-order valence-electron chi connectivity index (χ2n) is 21.5. The van der Waals surface area contributed by atoms with Crippen LogP contribution in [0.5, 0.6) is 0 Å². The van der Waals surface area contributed by atoms with Gasteiger partial charge in [0.05, 0.1) is 39.5 Å². The van der Waals surface area contributed by atoms with Crippen molar-refractivity contribution in [3.05, 3.63) is 144 Å². The number of hydrogen-bond acceptors (Lipinski definition) is 4. The van der Waals surface area contributed by atoms with E-state index in [1.807, 2.05) is 11.3 Å². The summed E-state index contributed by atoms with van der Waals surface area (Å²) < 4.78 is 12.2. The van der Waals surface area contributed by atoms with Crippen LogP contribution >= 0.6 is 11.3 Å². The first-order valence-corrected chi connectivity index (χ1v) is 23.4. The lowest BCUT2D eigenvalue weighted by atomic mass is 9.36. The molecule has 6 heterocycles. The summed E-state index contributed by atoms with van der Waals surface area (Å²) in [5, 5.41) is 6.21. The van der Waals surface area contributed by atoms with Gasteiger partial charge in [-0.25, -0.2) is 0 Å². The number of benzene rings is 7. The van der Waals surface area contributed by atoms with Gasteiger partial charge < -0.3 is 18.8 Å². The Labute approximate surface area is 373 Å². The van der Waals surface area contributed by atoms with Crippen LogP contribution in [0.3, 0.4) is 0 Å². The molecule has 0 fully saturated rings. The topological polar surface area (TPSA) is 24.6 Å². The summed E-state index contributed by atoms with van der Waals surface area (Å²) in [6, 6.07) is 46.6. The highest BCUT2D eigenvalue weighted by atomic mass is 32.1. The number of aromatic nitrogens is 1. The number of hydrogen-bond donors (Lipinski definition) is 0. The lowest BCUT2D eigenvalue weighted by Gasteiger charge is -2.45. The van der Waals surface area contributed by atoms with Crippen molar-refractivity contribution in [1.29, 1.82) is 0 Å². The maximum absolute atomic E-state index is 6.91. The number of anilines is 6. The standard InChI is InChI=1S/C57H50BN3OS/c1-31-25-44-49-45(26-31)61-46-30-34(57(8,9)10)29-38-37-27-32(55(2,3)4)21-23-41(37)59(50(38)46)42-18-14-17-40(52(42)61)58(49)54-51(39-28-33(56(5,6)7)22-24-48(39)63-54)60(44)43-19-13-16-36-35-15-11-12-20-47(35)62-53(36)43/h11-30H,1-10H3. The summed E-state index contributed by atoms with van der Waals surface area (Å²) in [5.41, 5.74) is 20.9. The van der Waals surface area contributed by atoms with Crippen LogP contribution in [0.15, 0.2) is 126 Å². The molecule has 0 unspecified atom stereocenters. The van der Waals surface area contributed by atoms with Crippen molar-refractivity contribution in [3.8, 4) is 5.69 Å². The summed E-state index contributed by atoms with van der Waals surface area (Å²) in [6.07, 6.45) is 0. The van der Waals surface area contributed by atoms with Crippen LogP contribution < -0.4 is 25.5 Å². The Morgan fingerprint density at radius 2 is 1.14 bits per heavy atom. The van der Waals surface area contributed by atoms with Crippen LogP contribution in [0, 0.1) is 6.92 Å². The number of furan rings is 1. The number of thiophene rings is 1. The minimum absolute atomic E-state index is 0.00934. The van der Waals surface area contributed by atoms with Crippen molar-refractivity contribution in [2.75, 3.05) is 9.80 Å². The average molecular weight is 836 g/mol. The highest BCUT2D eigenvalue weighted by molar-refractivity contribution is 7.33. The molecule has 0 saturated carbocycles. The zero-order valence-electron chi connectivity index (χ0n) is 37.8. The van der Waals surface area contributed by atoms with Crippen molar-refractivity contribution in [2.45, 2.75) is 85.5 Å². The van der Waals surface area contributed by atoms with Gasteiger partial charge in [-0.05, 0) is 123 Å². The summed E-state index contributed by atoms with van der Waals surface area (Å²) in [6.45, 7) is 23.3. The Kier molecular flexibility index (Phi) is 7.15. The monoisotopic (exact) mass is 835 g/mol. The molecule has 0 spiro atoms. The van der Waals surface area contributed by atoms with E-state index >= 15 is 0 Å². The van der Waals surface area contributed by atoms with Crippen LogP contribution in [0.2, 0.25) is 0 Å². The van der Waals surface area contributed by atoms with Crippen molar-refractivity contribution < 1.29 is 4.42 Å². The summed E-state index contributed by atoms with van der Waals surface area (Å²) >= 11 is 1.96. The maximum atomic E-state index is 6.91. The van der Waals surface area contributed by atoms with E-state index in [-0.39, 0.29) is 23.0 Å². The summed E-state index contributed by atoms with van der Waals surface area (Å²) in [5.74, 6) is 0. The highest BCUT2D eigenvalue weighted by Crippen LogP contribution is 2.55. The van der Waals surface area contributed by atoms with Gasteiger partial charge in [-0.1, -0.05) is 117 Å². The molecule has 3 aromatic heterocycles. The molecule has 308 valence electrons. The molecule has 6 heteroatoms. The lowest BCUT2D eigenvalue weighted by molar-refractivity contribution is 0.590. The van der Waals surface area contributed by atoms with E-state index in [9.17, 15) is 0 Å². The van der Waals surface area contributed by atoms with Gasteiger partial charge in [0.2, 0.25) is 0 Å². The van der Waals surface area contributed by atoms with Gasteiger partial charge in [0.25, 0.3) is 6.71 Å². The van der Waals surface area contributed by atoms with E-state index in [1.165, 1.54) is 104 Å². The minimum atomic E-state index is -0.0646. The first-order valence-electron chi connectivity index (χ1n) is 22.5. The molecule has 10 aromatic rings. The van der Waals surface area contributed by atoms with Gasteiger partial charge in [0.1, 0.15) is 5.58 Å². The van der Waals surface area contributed by atoms with Gasteiger partial charge in [0, 0.05) is 47.8 Å². The van der Waals surface area contributed by atoms with Crippen molar-refractivity contribution in [2.24, 2.45) is 0 Å². The summed E-state index contributed by atoms with van der Waals surface area (Å²) in [4.78, 5) is 5.24. The molecule has 3 aliphatic heterocycles. The number of para-hydroxylation sites is 3. The molecule has 0 aliphatic carbocycles. The molecule has 0 N–H and O–H groups in total. The second kappa shape index (κ2) is 12.1. The SMILES string of the molecule is Cc1cc2c3c(c1)N1c4c(cccc4-n4c5ccc(C(C)(C)C)cc5c5cc(C(C)(C)C)cc1c54)B3c1sc3ccc(C(C)(C)C)cc3c1N2c1cccc2c1oc1ccccc12. The Morgan fingerprint density at radius 1 is 0.508 bits per heavy atom. The second-order valence-corrected chi connectivity index (χ2v) is 22.6. The Bertz CT molecular complexity index is 3670. The maximum Gasteiger partial charge on any atom is 0.264 e. The number of rotatable bonds is 1. The Morgan fingerprint density at radius 3 is 1.89 bits per heavy atom. The first-order chi connectivity index (χ1) is 30.1. The van der Waals surface area contributed by atoms with Crippen LogP contribution in [-0.2, 0) is 16.2 Å². The van der Waals surface area contributed by atoms with Crippen LogP contribution in [0.25, 0.3) is 59.5 Å². The van der Waals surface area contributed by atoms with Crippen LogP contribution in [0.1, 0.15) is 84.6 Å². The molecule has 0 saturated heterocycles. The number of fused-ring (bicyclic) bond motifs is 14. The van der Waals surface area contributed by atoms with Crippen molar-refractivity contribution in [3.63, 3.8) is 0 Å². The molecular weight excluding hydrogens is 786 g/mol. The van der Waals surface area contributed by atoms with Gasteiger partial charge in [-0.3, -0.25) is 0 Å². The average Bonchev–Trinajstić information content (AvgIpc) is 3.92. The molecule has 7 aromatic carbocycles. The third-order valence-electron chi connectivity index (χ3n) is 14.4. The molecule has 0 radical (unpaired) electrons. The lowest BCUT2D eigenvalue weighted by Crippen LogP contribution is -2.61. The predicted octanol–water partition coefficient (Wildman–Crippen LogP) is 14.5. The van der Waals surface area contributed by atoms with E-state index in [2.05, 4.69) is 205 Å². The fraction of sp³-hybridized carbons (Fsp3) is 0.228. The van der Waals surface area contributed by atoms with E-state index in [0.29, 0.717) is 0 Å². The van der Waals surface area contributed by atoms with E-state index < -0.39 is 0 Å². The van der Waals surface area contributed by atoms with Crippen molar-refractivity contribution in [1.82, 2.24) is 4.57 Å². The van der Waals surface area contributed by atoms with Gasteiger partial charge in [0.15, 0.2) is 5.58 Å². The Hall–Kier alpha value is -6.24. The van der Waals surface area contributed by atoms with E-state index in [0.717, 1.165) is 27.6 Å². The molecule has 0 atom stereocenters. The zero-order valence-corrected chi connectivity index (χ0v) is 38.6. The highest BCUT2D eigenvalue weighted by Gasteiger charge is 2.48. The van der Waals surface area contributed by atoms with Gasteiger partial charge >= 0.3 is 0 Å². The molecule has 63 heavy (non-hydrogen) atoms. The van der Waals surface area contributed by atoms with E-state index in [4.69, 9.17) is 4.42 Å². The Balaban J connectivity index is 1.19. The van der Waals surface area contributed by atoms with E-state index in [1.54, 1.807) is 0 Å². The zero-order chi connectivity index (χ0) is 43.2. The summed E-state index contributed by atoms with van der Waals surface area (Å²) in [7, 11) is 0. The predicted molar refractivity (Wildman–Crippen MR) is 272 cm³/mol. The van der Waals surface area contributed by atoms with Crippen molar-refractivity contribution >= 4 is 122 Å². The fourth-order valence-corrected chi connectivity index (χ4v) is 12.5. The molecule has 4 nitrogen and oxygen atoms in total. The molecular formula is C57H50BN3OS. The molecule has 3 aliphatic rings. The largest absolute Gasteiger partial charge is 0.454 e.